The maximum absolute atomic E-state index is 12.9. The highest BCUT2D eigenvalue weighted by Gasteiger charge is 2.19. The van der Waals surface area contributed by atoms with E-state index in [0.717, 1.165) is 27.9 Å². The first-order chi connectivity index (χ1) is 12.1. The lowest BCUT2D eigenvalue weighted by molar-refractivity contribution is 0.104. The quantitative estimate of drug-likeness (QED) is 0.420. The third-order valence-corrected chi connectivity index (χ3v) is 3.99. The maximum Gasteiger partial charge on any atom is 0.205 e. The number of Topliss-reactive ketones (excluding diaryl/α,β-unsaturated/α-hetero) is 1. The molecular formula is C21H18N2O2. The van der Waals surface area contributed by atoms with E-state index in [1.165, 1.54) is 0 Å². The number of aromatic amines is 1. The number of fused-ring (bicyclic) bond motifs is 1. The minimum absolute atomic E-state index is 0.108. The number of ketones is 1. The molecule has 0 atom stereocenters. The summed E-state index contributed by atoms with van der Waals surface area (Å²) < 4.78 is 5.41. The molecule has 3 aromatic rings. The van der Waals surface area contributed by atoms with E-state index in [2.05, 4.69) is 4.98 Å². The van der Waals surface area contributed by atoms with Gasteiger partial charge >= 0.3 is 0 Å². The van der Waals surface area contributed by atoms with E-state index in [1.807, 2.05) is 68.4 Å². The molecule has 4 heteroatoms. The fourth-order valence-electron chi connectivity index (χ4n) is 2.85. The zero-order chi connectivity index (χ0) is 17.8. The first-order valence-electron chi connectivity index (χ1n) is 8.10. The van der Waals surface area contributed by atoms with Crippen LogP contribution in [0, 0.1) is 18.3 Å². The number of H-pyrrole nitrogens is 1. The number of aryl methyl sites for hydroxylation is 1. The van der Waals surface area contributed by atoms with Gasteiger partial charge in [-0.3, -0.25) is 4.79 Å². The number of rotatable bonds is 5. The largest absolute Gasteiger partial charge is 0.494 e. The average molecular weight is 330 g/mol. The molecular weight excluding hydrogens is 312 g/mol. The highest BCUT2D eigenvalue weighted by atomic mass is 16.5. The number of hydrogen-bond acceptors (Lipinski definition) is 3. The Morgan fingerprint density at radius 1 is 1.20 bits per heavy atom. The first kappa shape index (κ1) is 16.5. The number of nitrogens with zero attached hydrogens (tertiary/aromatic N) is 1. The van der Waals surface area contributed by atoms with Crippen LogP contribution >= 0.6 is 0 Å². The standard InChI is InChI=1S/C21H18N2O2/c1-3-25-17-10-8-15(9-11-17)12-16(13-22)21(24)20-14(2)23-19-7-5-4-6-18(19)20/h4-12,23H,3H2,1-2H3/b16-12+. The number of carbonyl (C=O) groups is 1. The van der Waals surface area contributed by atoms with Crippen LogP contribution in [0.2, 0.25) is 0 Å². The SMILES string of the molecule is CCOc1ccc(/C=C(\C#N)C(=O)c2c(C)[nH]c3ccccc23)cc1. The van der Waals surface area contributed by atoms with Crippen molar-refractivity contribution in [3.63, 3.8) is 0 Å². The van der Waals surface area contributed by atoms with E-state index >= 15 is 0 Å². The van der Waals surface area contributed by atoms with Gasteiger partial charge in [-0.25, -0.2) is 0 Å². The van der Waals surface area contributed by atoms with E-state index < -0.39 is 0 Å². The topological polar surface area (TPSA) is 65.9 Å². The lowest BCUT2D eigenvalue weighted by atomic mass is 9.99. The van der Waals surface area contributed by atoms with Gasteiger partial charge in [-0.2, -0.15) is 5.26 Å². The van der Waals surface area contributed by atoms with Crippen molar-refractivity contribution in [3.05, 3.63) is 70.9 Å². The smallest absolute Gasteiger partial charge is 0.205 e. The van der Waals surface area contributed by atoms with Gasteiger partial charge in [-0.05, 0) is 43.7 Å². The van der Waals surface area contributed by atoms with Crippen molar-refractivity contribution in [2.24, 2.45) is 0 Å². The Hall–Kier alpha value is -3.32. The zero-order valence-corrected chi connectivity index (χ0v) is 14.2. The number of para-hydroxylation sites is 1. The number of nitrogens with one attached hydrogen (secondary N) is 1. The fraction of sp³-hybridized carbons (Fsp3) is 0.143. The highest BCUT2D eigenvalue weighted by molar-refractivity contribution is 6.20. The monoisotopic (exact) mass is 330 g/mol. The number of allylic oxidation sites excluding steroid dienone is 1. The summed E-state index contributed by atoms with van der Waals surface area (Å²) in [5.41, 5.74) is 3.10. The molecule has 0 unspecified atom stereocenters. The van der Waals surface area contributed by atoms with E-state index in [1.54, 1.807) is 6.08 Å². The Balaban J connectivity index is 1.98. The van der Waals surface area contributed by atoms with Gasteiger partial charge in [-0.15, -0.1) is 0 Å². The minimum atomic E-state index is -0.272. The second-order valence-corrected chi connectivity index (χ2v) is 5.67. The summed E-state index contributed by atoms with van der Waals surface area (Å²) in [7, 11) is 0. The summed E-state index contributed by atoms with van der Waals surface area (Å²) in [5.74, 6) is 0.489. The van der Waals surface area contributed by atoms with E-state index in [4.69, 9.17) is 4.74 Å². The molecule has 25 heavy (non-hydrogen) atoms. The van der Waals surface area contributed by atoms with Gasteiger partial charge in [0.15, 0.2) is 0 Å². The number of carbonyl (C=O) groups excluding carboxylic acids is 1. The molecule has 2 aromatic carbocycles. The second-order valence-electron chi connectivity index (χ2n) is 5.67. The van der Waals surface area contributed by atoms with Crippen molar-refractivity contribution in [2.45, 2.75) is 13.8 Å². The van der Waals surface area contributed by atoms with Crippen molar-refractivity contribution in [3.8, 4) is 11.8 Å². The molecule has 0 radical (unpaired) electrons. The van der Waals surface area contributed by atoms with E-state index in [-0.39, 0.29) is 11.4 Å². The van der Waals surface area contributed by atoms with Crippen LogP contribution < -0.4 is 4.74 Å². The maximum atomic E-state index is 12.9. The van der Waals surface area contributed by atoms with Gasteiger partial charge in [0.1, 0.15) is 17.4 Å². The molecule has 0 spiro atoms. The predicted molar refractivity (Wildman–Crippen MR) is 98.6 cm³/mol. The predicted octanol–water partition coefficient (Wildman–Crippen LogP) is 4.66. The van der Waals surface area contributed by atoms with Crippen LogP contribution in [-0.4, -0.2) is 17.4 Å². The fourth-order valence-corrected chi connectivity index (χ4v) is 2.85. The third kappa shape index (κ3) is 3.31. The van der Waals surface area contributed by atoms with Crippen LogP contribution in [0.4, 0.5) is 0 Å². The van der Waals surface area contributed by atoms with Crippen LogP contribution in [0.25, 0.3) is 17.0 Å². The molecule has 0 fully saturated rings. The Labute approximate surface area is 146 Å². The first-order valence-corrected chi connectivity index (χ1v) is 8.10. The lowest BCUT2D eigenvalue weighted by Gasteiger charge is -2.03. The molecule has 0 aliphatic carbocycles. The number of nitriles is 1. The molecule has 0 saturated carbocycles. The minimum Gasteiger partial charge on any atom is -0.494 e. The molecule has 0 bridgehead atoms. The summed E-state index contributed by atoms with van der Waals surface area (Å²) in [5, 5.41) is 10.3. The molecule has 1 heterocycles. The Morgan fingerprint density at radius 2 is 1.92 bits per heavy atom. The van der Waals surface area contributed by atoms with Gasteiger partial charge in [0.25, 0.3) is 0 Å². The molecule has 4 nitrogen and oxygen atoms in total. The Bertz CT molecular complexity index is 989. The van der Waals surface area contributed by atoms with Crippen molar-refractivity contribution < 1.29 is 9.53 Å². The zero-order valence-electron chi connectivity index (χ0n) is 14.2. The van der Waals surface area contributed by atoms with Gasteiger partial charge in [0.05, 0.1) is 12.2 Å². The molecule has 3 rings (SSSR count). The molecule has 0 aliphatic rings. The lowest BCUT2D eigenvalue weighted by Crippen LogP contribution is -2.03. The molecule has 1 aromatic heterocycles. The molecule has 0 aliphatic heterocycles. The summed E-state index contributed by atoms with van der Waals surface area (Å²) in [6.45, 7) is 4.36. The Morgan fingerprint density at radius 3 is 2.60 bits per heavy atom. The van der Waals surface area contributed by atoms with Gasteiger partial charge in [-0.1, -0.05) is 30.3 Å². The van der Waals surface area contributed by atoms with Crippen molar-refractivity contribution >= 4 is 22.8 Å². The van der Waals surface area contributed by atoms with Crippen molar-refractivity contribution in [1.82, 2.24) is 4.98 Å². The normalized spacial score (nSPS) is 11.3. The number of hydrogen-bond donors (Lipinski definition) is 1. The van der Waals surface area contributed by atoms with Crippen LogP contribution in [0.15, 0.2) is 54.1 Å². The second kappa shape index (κ2) is 7.06. The summed E-state index contributed by atoms with van der Waals surface area (Å²) in [6, 6.07) is 16.9. The summed E-state index contributed by atoms with van der Waals surface area (Å²) in [6.07, 6.45) is 1.61. The van der Waals surface area contributed by atoms with Crippen LogP contribution in [0.5, 0.6) is 5.75 Å². The summed E-state index contributed by atoms with van der Waals surface area (Å²) in [4.78, 5) is 16.1. The number of benzene rings is 2. The average Bonchev–Trinajstić information content (AvgIpc) is 2.96. The van der Waals surface area contributed by atoms with Gasteiger partial charge in [0.2, 0.25) is 5.78 Å². The highest BCUT2D eigenvalue weighted by Crippen LogP contribution is 2.25. The third-order valence-electron chi connectivity index (χ3n) is 3.99. The van der Waals surface area contributed by atoms with Crippen molar-refractivity contribution in [2.75, 3.05) is 6.61 Å². The van der Waals surface area contributed by atoms with Crippen LogP contribution in [-0.2, 0) is 0 Å². The van der Waals surface area contributed by atoms with Gasteiger partial charge in [0, 0.05) is 16.6 Å². The molecule has 124 valence electrons. The van der Waals surface area contributed by atoms with E-state index in [0.29, 0.717) is 12.2 Å². The number of aromatic nitrogens is 1. The van der Waals surface area contributed by atoms with E-state index in [9.17, 15) is 10.1 Å². The van der Waals surface area contributed by atoms with Crippen LogP contribution in [0.3, 0.4) is 0 Å². The van der Waals surface area contributed by atoms with Crippen LogP contribution in [0.1, 0.15) is 28.5 Å². The molecule has 0 saturated heterocycles. The Kier molecular flexibility index (Phi) is 4.67. The molecule has 1 N–H and O–H groups in total. The molecule has 0 amide bonds. The van der Waals surface area contributed by atoms with Gasteiger partial charge < -0.3 is 9.72 Å². The van der Waals surface area contributed by atoms with Crippen molar-refractivity contribution in [1.29, 1.82) is 5.26 Å². The summed E-state index contributed by atoms with van der Waals surface area (Å²) >= 11 is 0. The number of ether oxygens (including phenoxy) is 1.